The fourth-order valence-corrected chi connectivity index (χ4v) is 3.50. The molecule has 19 heavy (non-hydrogen) atoms. The summed E-state index contributed by atoms with van der Waals surface area (Å²) in [4.78, 5) is 8.10. The maximum Gasteiger partial charge on any atom is 0.0329 e. The van der Waals surface area contributed by atoms with Crippen LogP contribution < -0.4 is 5.32 Å². The molecule has 0 unspecified atom stereocenters. The van der Waals surface area contributed by atoms with E-state index < -0.39 is 0 Å². The first-order chi connectivity index (χ1) is 9.31. The summed E-state index contributed by atoms with van der Waals surface area (Å²) < 4.78 is 0. The van der Waals surface area contributed by atoms with Crippen molar-refractivity contribution >= 4 is 11.3 Å². The van der Waals surface area contributed by atoms with Crippen LogP contribution in [0.25, 0.3) is 0 Å². The Hall–Kier alpha value is -0.420. The van der Waals surface area contributed by atoms with Crippen LogP contribution in [0.5, 0.6) is 0 Å². The molecular weight excluding hydrogens is 254 g/mol. The fourth-order valence-electron chi connectivity index (χ4n) is 2.47. The molecule has 1 aliphatic rings. The maximum absolute atomic E-state index is 3.47. The second kappa shape index (κ2) is 8.00. The van der Waals surface area contributed by atoms with E-state index in [1.54, 1.807) is 0 Å². The molecule has 0 radical (unpaired) electrons. The van der Waals surface area contributed by atoms with Gasteiger partial charge in [0.1, 0.15) is 0 Å². The Balaban J connectivity index is 1.74. The van der Waals surface area contributed by atoms with Crippen LogP contribution in [-0.4, -0.2) is 49.1 Å². The van der Waals surface area contributed by atoms with E-state index in [2.05, 4.69) is 41.1 Å². The van der Waals surface area contributed by atoms with Gasteiger partial charge in [-0.05, 0) is 31.6 Å². The van der Waals surface area contributed by atoms with E-state index in [1.165, 1.54) is 48.9 Å². The van der Waals surface area contributed by atoms with E-state index >= 15 is 0 Å². The Morgan fingerprint density at radius 2 is 1.74 bits per heavy atom. The molecule has 1 N–H and O–H groups in total. The summed E-state index contributed by atoms with van der Waals surface area (Å²) in [5.41, 5.74) is 0. The number of thiophene rings is 1. The SMILES string of the molecule is CCCNCc1ccc(CN2CCN(CC)CC2)s1. The van der Waals surface area contributed by atoms with Crippen molar-refractivity contribution in [2.45, 2.75) is 33.4 Å². The van der Waals surface area contributed by atoms with E-state index in [9.17, 15) is 0 Å². The van der Waals surface area contributed by atoms with Crippen molar-refractivity contribution in [1.82, 2.24) is 15.1 Å². The topological polar surface area (TPSA) is 18.5 Å². The first-order valence-electron chi connectivity index (χ1n) is 7.54. The van der Waals surface area contributed by atoms with Gasteiger partial charge in [-0.2, -0.15) is 0 Å². The van der Waals surface area contributed by atoms with Crippen LogP contribution >= 0.6 is 11.3 Å². The zero-order valence-electron chi connectivity index (χ0n) is 12.3. The van der Waals surface area contributed by atoms with Crippen molar-refractivity contribution in [3.05, 3.63) is 21.9 Å². The third kappa shape index (κ3) is 4.88. The Bertz CT molecular complexity index is 356. The predicted molar refractivity (Wildman–Crippen MR) is 83.7 cm³/mol. The average Bonchev–Trinajstić information content (AvgIpc) is 2.88. The zero-order chi connectivity index (χ0) is 13.5. The summed E-state index contributed by atoms with van der Waals surface area (Å²) in [7, 11) is 0. The molecule has 0 bridgehead atoms. The van der Waals surface area contributed by atoms with Crippen LogP contribution in [0, 0.1) is 0 Å². The van der Waals surface area contributed by atoms with Crippen molar-refractivity contribution in [3.63, 3.8) is 0 Å². The second-order valence-electron chi connectivity index (χ2n) is 5.26. The standard InChI is InChI=1S/C15H27N3S/c1-3-7-16-12-14-5-6-15(19-14)13-18-10-8-17(4-2)9-11-18/h5-6,16H,3-4,7-13H2,1-2H3. The van der Waals surface area contributed by atoms with Gasteiger partial charge in [-0.1, -0.05) is 13.8 Å². The fraction of sp³-hybridized carbons (Fsp3) is 0.733. The Morgan fingerprint density at radius 3 is 2.42 bits per heavy atom. The molecule has 1 fully saturated rings. The number of rotatable bonds is 7. The maximum atomic E-state index is 3.47. The highest BCUT2D eigenvalue weighted by Gasteiger charge is 2.15. The third-order valence-electron chi connectivity index (χ3n) is 3.73. The summed E-state index contributed by atoms with van der Waals surface area (Å²) in [5, 5.41) is 3.47. The van der Waals surface area contributed by atoms with Crippen LogP contribution in [0.15, 0.2) is 12.1 Å². The summed E-state index contributed by atoms with van der Waals surface area (Å²) in [6.07, 6.45) is 1.21. The Kier molecular flexibility index (Phi) is 6.31. The molecule has 0 aliphatic carbocycles. The lowest BCUT2D eigenvalue weighted by Crippen LogP contribution is -2.45. The molecule has 1 aromatic heterocycles. The molecule has 4 heteroatoms. The molecule has 0 atom stereocenters. The molecule has 0 spiro atoms. The highest BCUT2D eigenvalue weighted by molar-refractivity contribution is 7.11. The average molecular weight is 281 g/mol. The molecule has 3 nitrogen and oxygen atoms in total. The van der Waals surface area contributed by atoms with Crippen LogP contribution in [0.1, 0.15) is 30.0 Å². The van der Waals surface area contributed by atoms with Gasteiger partial charge < -0.3 is 10.2 Å². The molecule has 1 aromatic rings. The lowest BCUT2D eigenvalue weighted by Gasteiger charge is -2.33. The van der Waals surface area contributed by atoms with E-state index in [0.717, 1.165) is 19.6 Å². The number of nitrogens with zero attached hydrogens (tertiary/aromatic N) is 2. The van der Waals surface area contributed by atoms with Gasteiger partial charge in [0, 0.05) is 49.0 Å². The minimum absolute atomic E-state index is 1.03. The molecular formula is C15H27N3S. The number of nitrogens with one attached hydrogen (secondary N) is 1. The monoisotopic (exact) mass is 281 g/mol. The smallest absolute Gasteiger partial charge is 0.0329 e. The van der Waals surface area contributed by atoms with Crippen molar-refractivity contribution in [2.75, 3.05) is 39.3 Å². The van der Waals surface area contributed by atoms with Crippen molar-refractivity contribution in [3.8, 4) is 0 Å². The highest BCUT2D eigenvalue weighted by atomic mass is 32.1. The van der Waals surface area contributed by atoms with Crippen molar-refractivity contribution in [2.24, 2.45) is 0 Å². The van der Waals surface area contributed by atoms with Crippen LogP contribution in [0.2, 0.25) is 0 Å². The van der Waals surface area contributed by atoms with E-state index in [1.807, 2.05) is 11.3 Å². The largest absolute Gasteiger partial charge is 0.312 e. The molecule has 108 valence electrons. The molecule has 0 aromatic carbocycles. The molecule has 2 rings (SSSR count). The highest BCUT2D eigenvalue weighted by Crippen LogP contribution is 2.19. The summed E-state index contributed by atoms with van der Waals surface area (Å²) in [5.74, 6) is 0. The first kappa shape index (κ1) is 15.0. The van der Waals surface area contributed by atoms with Crippen LogP contribution in [-0.2, 0) is 13.1 Å². The van der Waals surface area contributed by atoms with Gasteiger partial charge >= 0.3 is 0 Å². The zero-order valence-corrected chi connectivity index (χ0v) is 13.1. The van der Waals surface area contributed by atoms with E-state index in [0.29, 0.717) is 0 Å². The van der Waals surface area contributed by atoms with E-state index in [-0.39, 0.29) is 0 Å². The summed E-state index contributed by atoms with van der Waals surface area (Å²) in [6, 6.07) is 4.59. The molecule has 1 saturated heterocycles. The van der Waals surface area contributed by atoms with Gasteiger partial charge in [0.05, 0.1) is 0 Å². The van der Waals surface area contributed by atoms with Crippen molar-refractivity contribution in [1.29, 1.82) is 0 Å². The number of piperazine rings is 1. The summed E-state index contributed by atoms with van der Waals surface area (Å²) >= 11 is 1.97. The Labute approximate surface area is 121 Å². The first-order valence-corrected chi connectivity index (χ1v) is 8.36. The van der Waals surface area contributed by atoms with Gasteiger partial charge in [0.2, 0.25) is 0 Å². The molecule has 0 saturated carbocycles. The van der Waals surface area contributed by atoms with Gasteiger partial charge in [-0.15, -0.1) is 11.3 Å². The third-order valence-corrected chi connectivity index (χ3v) is 4.80. The van der Waals surface area contributed by atoms with Gasteiger partial charge in [-0.25, -0.2) is 0 Å². The molecule has 2 heterocycles. The van der Waals surface area contributed by atoms with Crippen LogP contribution in [0.3, 0.4) is 0 Å². The second-order valence-corrected chi connectivity index (χ2v) is 6.51. The lowest BCUT2D eigenvalue weighted by molar-refractivity contribution is 0.133. The predicted octanol–water partition coefficient (Wildman–Crippen LogP) is 2.39. The van der Waals surface area contributed by atoms with Gasteiger partial charge in [-0.3, -0.25) is 4.90 Å². The molecule has 0 amide bonds. The van der Waals surface area contributed by atoms with E-state index in [4.69, 9.17) is 0 Å². The van der Waals surface area contributed by atoms with Gasteiger partial charge in [0.15, 0.2) is 0 Å². The minimum Gasteiger partial charge on any atom is -0.312 e. The normalized spacial score (nSPS) is 18.0. The number of likely N-dealkylation sites (N-methyl/N-ethyl adjacent to an activating group) is 1. The number of hydrogen-bond donors (Lipinski definition) is 1. The molecule has 1 aliphatic heterocycles. The Morgan fingerprint density at radius 1 is 1.05 bits per heavy atom. The summed E-state index contributed by atoms with van der Waals surface area (Å²) in [6.45, 7) is 13.8. The van der Waals surface area contributed by atoms with Gasteiger partial charge in [0.25, 0.3) is 0 Å². The quantitative estimate of drug-likeness (QED) is 0.774. The minimum atomic E-state index is 1.03. The number of hydrogen-bond acceptors (Lipinski definition) is 4. The van der Waals surface area contributed by atoms with Crippen LogP contribution in [0.4, 0.5) is 0 Å². The van der Waals surface area contributed by atoms with Crippen molar-refractivity contribution < 1.29 is 0 Å². The lowest BCUT2D eigenvalue weighted by atomic mass is 10.3.